The average Bonchev–Trinajstić information content (AvgIpc) is 2.63. The van der Waals surface area contributed by atoms with Crippen molar-refractivity contribution in [3.63, 3.8) is 0 Å². The van der Waals surface area contributed by atoms with E-state index in [1.165, 1.54) is 11.1 Å². The van der Waals surface area contributed by atoms with Crippen LogP contribution >= 0.6 is 0 Å². The largest absolute Gasteiger partial charge is 0.378 e. The molecule has 0 N–H and O–H groups in total. The van der Waals surface area contributed by atoms with Gasteiger partial charge < -0.3 is 9.64 Å². The van der Waals surface area contributed by atoms with E-state index >= 15 is 0 Å². The third kappa shape index (κ3) is 3.92. The maximum Gasteiger partial charge on any atom is 0.185 e. The van der Waals surface area contributed by atoms with Gasteiger partial charge in [0.05, 0.1) is 13.2 Å². The number of benzene rings is 2. The highest BCUT2D eigenvalue weighted by Crippen LogP contribution is 2.19. The first-order valence-corrected chi connectivity index (χ1v) is 8.36. The first-order valence-electron chi connectivity index (χ1n) is 8.36. The number of allylic oxidation sites excluding steroid dienone is 1. The molecular weight excluding hydrogens is 298 g/mol. The first kappa shape index (κ1) is 16.5. The summed E-state index contributed by atoms with van der Waals surface area (Å²) in [6, 6.07) is 14.1. The van der Waals surface area contributed by atoms with E-state index in [4.69, 9.17) is 4.74 Å². The molecule has 124 valence electrons. The minimum Gasteiger partial charge on any atom is -0.378 e. The summed E-state index contributed by atoms with van der Waals surface area (Å²) >= 11 is 0. The molecule has 0 saturated carbocycles. The number of morpholine rings is 1. The molecule has 1 saturated heterocycles. The molecular formula is C21H23NO2. The zero-order valence-corrected chi connectivity index (χ0v) is 14.3. The molecule has 1 fully saturated rings. The Labute approximate surface area is 143 Å². The van der Waals surface area contributed by atoms with Gasteiger partial charge in [-0.1, -0.05) is 42.0 Å². The fourth-order valence-electron chi connectivity index (χ4n) is 2.88. The molecule has 24 heavy (non-hydrogen) atoms. The topological polar surface area (TPSA) is 29.5 Å². The van der Waals surface area contributed by atoms with Crippen LogP contribution < -0.4 is 4.90 Å². The Morgan fingerprint density at radius 1 is 1.08 bits per heavy atom. The molecule has 0 aliphatic carbocycles. The van der Waals surface area contributed by atoms with Gasteiger partial charge in [-0.15, -0.1) is 0 Å². The molecule has 0 radical (unpaired) electrons. The number of carbonyl (C=O) groups is 1. The Morgan fingerprint density at radius 3 is 2.67 bits per heavy atom. The Kier molecular flexibility index (Phi) is 5.11. The van der Waals surface area contributed by atoms with Crippen LogP contribution in [-0.4, -0.2) is 32.1 Å². The number of rotatable bonds is 4. The van der Waals surface area contributed by atoms with Gasteiger partial charge in [-0.3, -0.25) is 4.79 Å². The molecule has 0 amide bonds. The van der Waals surface area contributed by atoms with Gasteiger partial charge in [-0.2, -0.15) is 0 Å². The molecule has 3 heteroatoms. The zero-order valence-electron chi connectivity index (χ0n) is 14.3. The van der Waals surface area contributed by atoms with Crippen molar-refractivity contribution in [2.75, 3.05) is 31.2 Å². The number of ether oxygens (including phenoxy) is 1. The molecule has 1 heterocycles. The van der Waals surface area contributed by atoms with Crippen molar-refractivity contribution >= 4 is 17.5 Å². The maximum atomic E-state index is 12.5. The molecule has 3 nitrogen and oxygen atoms in total. The quantitative estimate of drug-likeness (QED) is 0.629. The zero-order chi connectivity index (χ0) is 16.9. The van der Waals surface area contributed by atoms with Crippen molar-refractivity contribution in [1.82, 2.24) is 0 Å². The highest BCUT2D eigenvalue weighted by atomic mass is 16.5. The van der Waals surface area contributed by atoms with Crippen LogP contribution in [0.25, 0.3) is 6.08 Å². The number of aryl methyl sites for hydroxylation is 2. The summed E-state index contributed by atoms with van der Waals surface area (Å²) in [6.07, 6.45) is 3.58. The van der Waals surface area contributed by atoms with Gasteiger partial charge in [-0.25, -0.2) is 0 Å². The Morgan fingerprint density at radius 2 is 1.88 bits per heavy atom. The fraction of sp³-hybridized carbons (Fsp3) is 0.286. The second kappa shape index (κ2) is 7.45. The summed E-state index contributed by atoms with van der Waals surface area (Å²) in [5.74, 6) is 0.0333. The van der Waals surface area contributed by atoms with E-state index in [-0.39, 0.29) is 5.78 Å². The number of ketones is 1. The SMILES string of the molecule is Cc1ccc(C)c(/C=C/C(=O)c2cccc(N3CCOCC3)c2)c1. The molecule has 0 bridgehead atoms. The summed E-state index contributed by atoms with van der Waals surface area (Å²) < 4.78 is 5.39. The van der Waals surface area contributed by atoms with Gasteiger partial charge in [0.25, 0.3) is 0 Å². The molecule has 0 unspecified atom stereocenters. The van der Waals surface area contributed by atoms with E-state index in [0.29, 0.717) is 0 Å². The Balaban J connectivity index is 1.77. The second-order valence-corrected chi connectivity index (χ2v) is 6.21. The minimum absolute atomic E-state index is 0.0333. The van der Waals surface area contributed by atoms with Crippen LogP contribution in [0.1, 0.15) is 27.0 Å². The van der Waals surface area contributed by atoms with Crippen LogP contribution in [0.15, 0.2) is 48.5 Å². The van der Waals surface area contributed by atoms with E-state index in [2.05, 4.69) is 43.0 Å². The summed E-state index contributed by atoms with van der Waals surface area (Å²) in [5, 5.41) is 0. The lowest BCUT2D eigenvalue weighted by Gasteiger charge is -2.29. The monoisotopic (exact) mass is 321 g/mol. The van der Waals surface area contributed by atoms with Crippen LogP contribution in [0.4, 0.5) is 5.69 Å². The standard InChI is InChI=1S/C21H23NO2/c1-16-6-7-17(2)18(14-16)8-9-21(23)19-4-3-5-20(15-19)22-10-12-24-13-11-22/h3-9,14-15H,10-13H2,1-2H3/b9-8+. The van der Waals surface area contributed by atoms with Crippen LogP contribution in [0.5, 0.6) is 0 Å². The lowest BCUT2D eigenvalue weighted by Crippen LogP contribution is -2.36. The lowest BCUT2D eigenvalue weighted by atomic mass is 10.0. The minimum atomic E-state index is 0.0333. The van der Waals surface area contributed by atoms with Gasteiger partial charge >= 0.3 is 0 Å². The predicted octanol–water partition coefficient (Wildman–Crippen LogP) is 4.04. The average molecular weight is 321 g/mol. The molecule has 2 aromatic rings. The van der Waals surface area contributed by atoms with Crippen molar-refractivity contribution < 1.29 is 9.53 Å². The number of hydrogen-bond donors (Lipinski definition) is 0. The predicted molar refractivity (Wildman–Crippen MR) is 98.8 cm³/mol. The lowest BCUT2D eigenvalue weighted by molar-refractivity contribution is 0.104. The van der Waals surface area contributed by atoms with Crippen molar-refractivity contribution in [2.45, 2.75) is 13.8 Å². The van der Waals surface area contributed by atoms with Gasteiger partial charge in [-0.05, 0) is 43.2 Å². The van der Waals surface area contributed by atoms with E-state index in [1.54, 1.807) is 6.08 Å². The van der Waals surface area contributed by atoms with Crippen molar-refractivity contribution in [3.05, 3.63) is 70.8 Å². The van der Waals surface area contributed by atoms with Gasteiger partial charge in [0, 0.05) is 24.3 Å². The van der Waals surface area contributed by atoms with Gasteiger partial charge in [0.2, 0.25) is 0 Å². The number of nitrogens with zero attached hydrogens (tertiary/aromatic N) is 1. The van der Waals surface area contributed by atoms with E-state index in [9.17, 15) is 4.79 Å². The smallest absolute Gasteiger partial charge is 0.185 e. The van der Waals surface area contributed by atoms with Crippen molar-refractivity contribution in [3.8, 4) is 0 Å². The molecule has 0 spiro atoms. The van der Waals surface area contributed by atoms with Crippen LogP contribution in [0, 0.1) is 13.8 Å². The summed E-state index contributed by atoms with van der Waals surface area (Å²) in [6.45, 7) is 7.34. The van der Waals surface area contributed by atoms with Crippen molar-refractivity contribution in [1.29, 1.82) is 0 Å². The Bertz CT molecular complexity index is 758. The number of hydrogen-bond acceptors (Lipinski definition) is 3. The fourth-order valence-corrected chi connectivity index (χ4v) is 2.88. The van der Waals surface area contributed by atoms with Crippen molar-refractivity contribution in [2.24, 2.45) is 0 Å². The van der Waals surface area contributed by atoms with Crippen LogP contribution in [0.3, 0.4) is 0 Å². The van der Waals surface area contributed by atoms with Crippen LogP contribution in [0.2, 0.25) is 0 Å². The van der Waals surface area contributed by atoms with Crippen LogP contribution in [-0.2, 0) is 4.74 Å². The molecule has 1 aliphatic rings. The molecule has 0 aromatic heterocycles. The van der Waals surface area contributed by atoms with E-state index in [0.717, 1.165) is 43.1 Å². The molecule has 0 atom stereocenters. The maximum absolute atomic E-state index is 12.5. The third-order valence-electron chi connectivity index (χ3n) is 4.36. The van der Waals surface area contributed by atoms with E-state index in [1.807, 2.05) is 24.3 Å². The third-order valence-corrected chi connectivity index (χ3v) is 4.36. The Hall–Kier alpha value is -2.39. The molecule has 3 rings (SSSR count). The highest BCUT2D eigenvalue weighted by molar-refractivity contribution is 6.07. The summed E-state index contributed by atoms with van der Waals surface area (Å²) in [5.41, 5.74) is 5.27. The normalized spacial score (nSPS) is 15.0. The molecule has 2 aromatic carbocycles. The number of anilines is 1. The summed E-state index contributed by atoms with van der Waals surface area (Å²) in [4.78, 5) is 14.8. The molecule has 1 aliphatic heterocycles. The highest BCUT2D eigenvalue weighted by Gasteiger charge is 2.12. The van der Waals surface area contributed by atoms with E-state index < -0.39 is 0 Å². The second-order valence-electron chi connectivity index (χ2n) is 6.21. The van der Waals surface area contributed by atoms with Gasteiger partial charge in [0.15, 0.2) is 5.78 Å². The summed E-state index contributed by atoms with van der Waals surface area (Å²) in [7, 11) is 0. The first-order chi connectivity index (χ1) is 11.6. The number of carbonyl (C=O) groups excluding carboxylic acids is 1. The van der Waals surface area contributed by atoms with Gasteiger partial charge in [0.1, 0.15) is 0 Å².